The molecule has 4 rings (SSSR count). The number of aromatic nitrogens is 2. The molecular weight excluding hydrogens is 410 g/mol. The van der Waals surface area contributed by atoms with Crippen LogP contribution >= 0.6 is 11.3 Å². The fourth-order valence-corrected chi connectivity index (χ4v) is 5.12. The molecule has 3 heterocycles. The highest BCUT2D eigenvalue weighted by Crippen LogP contribution is 2.28. The predicted molar refractivity (Wildman–Crippen MR) is 126 cm³/mol. The number of nitrogens with one attached hydrogen (secondary N) is 2. The number of hydrogen-bond acceptors (Lipinski definition) is 5. The predicted octanol–water partition coefficient (Wildman–Crippen LogP) is 4.08. The fourth-order valence-electron chi connectivity index (χ4n) is 4.09. The smallest absolute Gasteiger partial charge is 0.262 e. The number of nitrogens with zero attached hydrogens (tertiary/aromatic N) is 3. The minimum atomic E-state index is -0.586. The molecule has 3 aromatic rings. The lowest BCUT2D eigenvalue weighted by molar-refractivity contribution is -0.118. The summed E-state index contributed by atoms with van der Waals surface area (Å²) in [6, 6.07) is 9.21. The van der Waals surface area contributed by atoms with Crippen LogP contribution in [0.25, 0.3) is 10.2 Å². The van der Waals surface area contributed by atoms with Gasteiger partial charge in [0, 0.05) is 36.9 Å². The lowest BCUT2D eigenvalue weighted by Crippen LogP contribution is -2.43. The Balaban J connectivity index is 1.46. The summed E-state index contributed by atoms with van der Waals surface area (Å²) in [6.07, 6.45) is 3.78. The Morgan fingerprint density at radius 1 is 1.23 bits per heavy atom. The van der Waals surface area contributed by atoms with Crippen LogP contribution in [0.15, 0.2) is 30.3 Å². The van der Waals surface area contributed by atoms with Crippen molar-refractivity contribution in [2.24, 2.45) is 7.05 Å². The van der Waals surface area contributed by atoms with Crippen molar-refractivity contribution in [3.05, 3.63) is 40.9 Å². The number of anilines is 2. The molecule has 2 N–H and O–H groups in total. The van der Waals surface area contributed by atoms with Crippen LogP contribution in [0.2, 0.25) is 0 Å². The molecule has 1 atom stereocenters. The minimum absolute atomic E-state index is 0.187. The van der Waals surface area contributed by atoms with Gasteiger partial charge in [-0.15, -0.1) is 11.3 Å². The lowest BCUT2D eigenvalue weighted by Gasteiger charge is -2.20. The number of carbonyl (C=O) groups excluding carboxylic acids is 2. The van der Waals surface area contributed by atoms with Gasteiger partial charge in [0.1, 0.15) is 10.9 Å². The molecule has 2 amide bonds. The van der Waals surface area contributed by atoms with E-state index in [1.54, 1.807) is 4.68 Å². The summed E-state index contributed by atoms with van der Waals surface area (Å²) < 4.78 is 1.79. The molecule has 1 aromatic carbocycles. The van der Waals surface area contributed by atoms with Gasteiger partial charge < -0.3 is 15.5 Å². The molecule has 0 saturated carbocycles. The molecule has 1 aliphatic heterocycles. The first-order valence-electron chi connectivity index (χ1n) is 10.9. The van der Waals surface area contributed by atoms with E-state index in [4.69, 9.17) is 0 Å². The van der Waals surface area contributed by atoms with Crippen molar-refractivity contribution in [2.75, 3.05) is 23.3 Å². The molecule has 1 unspecified atom stereocenters. The van der Waals surface area contributed by atoms with Gasteiger partial charge in [-0.25, -0.2) is 0 Å². The first-order chi connectivity index (χ1) is 15.0. The number of thiophene rings is 1. The van der Waals surface area contributed by atoms with E-state index in [1.807, 2.05) is 45.2 Å². The molecule has 0 bridgehead atoms. The SMILES string of the molecule is CCCC(NC(=O)c1cc2c(C)nn(C)c2s1)C(=O)Nc1cccc(N2CCCC2)c1. The van der Waals surface area contributed by atoms with E-state index >= 15 is 0 Å². The van der Waals surface area contributed by atoms with Crippen molar-refractivity contribution < 1.29 is 9.59 Å². The standard InChI is InChI=1S/C23H29N5O2S/c1-4-8-19(25-22(30)20-14-18-15(2)26-27(3)23(18)31-20)21(29)24-16-9-7-10-17(13-16)28-11-5-6-12-28/h7,9-10,13-14,19H,4-6,8,11-12H2,1-3H3,(H,24,29)(H,25,30). The first-order valence-corrected chi connectivity index (χ1v) is 11.7. The van der Waals surface area contributed by atoms with Crippen LogP contribution in [-0.2, 0) is 11.8 Å². The average molecular weight is 440 g/mol. The van der Waals surface area contributed by atoms with Gasteiger partial charge in [-0.1, -0.05) is 19.4 Å². The van der Waals surface area contributed by atoms with Gasteiger partial charge in [-0.2, -0.15) is 5.10 Å². The van der Waals surface area contributed by atoms with Gasteiger partial charge in [0.25, 0.3) is 5.91 Å². The monoisotopic (exact) mass is 439 g/mol. The highest BCUT2D eigenvalue weighted by Gasteiger charge is 2.23. The second-order valence-corrected chi connectivity index (χ2v) is 9.12. The maximum Gasteiger partial charge on any atom is 0.262 e. The Morgan fingerprint density at radius 2 is 2.00 bits per heavy atom. The second-order valence-electron chi connectivity index (χ2n) is 8.09. The third kappa shape index (κ3) is 4.58. The third-order valence-electron chi connectivity index (χ3n) is 5.70. The van der Waals surface area contributed by atoms with Crippen LogP contribution in [0.3, 0.4) is 0 Å². The number of carbonyl (C=O) groups is 2. The average Bonchev–Trinajstić information content (AvgIpc) is 3.48. The zero-order valence-corrected chi connectivity index (χ0v) is 19.1. The van der Waals surface area contributed by atoms with Crippen LogP contribution in [0.4, 0.5) is 11.4 Å². The molecule has 1 saturated heterocycles. The molecular formula is C23H29N5O2S. The van der Waals surface area contributed by atoms with E-state index in [2.05, 4.69) is 26.7 Å². The van der Waals surface area contributed by atoms with Gasteiger partial charge in [-0.3, -0.25) is 14.3 Å². The van der Waals surface area contributed by atoms with E-state index in [0.29, 0.717) is 11.3 Å². The van der Waals surface area contributed by atoms with Crippen molar-refractivity contribution in [1.82, 2.24) is 15.1 Å². The van der Waals surface area contributed by atoms with Crippen LogP contribution < -0.4 is 15.5 Å². The van der Waals surface area contributed by atoms with Crippen molar-refractivity contribution >= 4 is 44.7 Å². The van der Waals surface area contributed by atoms with Gasteiger partial charge in [0.05, 0.1) is 10.6 Å². The fraction of sp³-hybridized carbons (Fsp3) is 0.435. The highest BCUT2D eigenvalue weighted by molar-refractivity contribution is 7.20. The molecule has 7 nitrogen and oxygen atoms in total. The molecule has 164 valence electrons. The summed E-state index contributed by atoms with van der Waals surface area (Å²) in [5.41, 5.74) is 2.78. The molecule has 1 aliphatic rings. The molecule has 0 spiro atoms. The number of hydrogen-bond donors (Lipinski definition) is 2. The number of rotatable bonds is 7. The van der Waals surface area contributed by atoms with E-state index in [-0.39, 0.29) is 11.8 Å². The highest BCUT2D eigenvalue weighted by atomic mass is 32.1. The number of amides is 2. The molecule has 31 heavy (non-hydrogen) atoms. The van der Waals surface area contributed by atoms with Gasteiger partial charge in [-0.05, 0) is 50.5 Å². The second kappa shape index (κ2) is 9.09. The van der Waals surface area contributed by atoms with Gasteiger partial charge >= 0.3 is 0 Å². The summed E-state index contributed by atoms with van der Waals surface area (Å²) in [7, 11) is 1.87. The molecule has 0 aliphatic carbocycles. The maximum absolute atomic E-state index is 13.0. The van der Waals surface area contributed by atoms with Crippen LogP contribution in [0.5, 0.6) is 0 Å². The number of aryl methyl sites for hydroxylation is 2. The summed E-state index contributed by atoms with van der Waals surface area (Å²) in [5.74, 6) is -0.409. The first kappa shape index (κ1) is 21.4. The zero-order valence-electron chi connectivity index (χ0n) is 18.3. The third-order valence-corrected chi connectivity index (χ3v) is 6.90. The number of fused-ring (bicyclic) bond motifs is 1. The van der Waals surface area contributed by atoms with Crippen LogP contribution in [0, 0.1) is 6.92 Å². The normalized spacial score (nSPS) is 14.7. The lowest BCUT2D eigenvalue weighted by atomic mass is 10.1. The maximum atomic E-state index is 13.0. The molecule has 0 radical (unpaired) electrons. The van der Waals surface area contributed by atoms with Crippen molar-refractivity contribution in [1.29, 1.82) is 0 Å². The van der Waals surface area contributed by atoms with Gasteiger partial charge in [0.15, 0.2) is 0 Å². The zero-order chi connectivity index (χ0) is 22.0. The Bertz CT molecular complexity index is 1060. The summed E-state index contributed by atoms with van der Waals surface area (Å²) in [4.78, 5) is 29.8. The van der Waals surface area contributed by atoms with Crippen molar-refractivity contribution in [3.63, 3.8) is 0 Å². The summed E-state index contributed by atoms with van der Waals surface area (Å²) in [5, 5.41) is 11.3. The topological polar surface area (TPSA) is 79.3 Å². The summed E-state index contributed by atoms with van der Waals surface area (Å²) >= 11 is 1.40. The Hall–Kier alpha value is -2.87. The Labute approximate surface area is 186 Å². The van der Waals surface area contributed by atoms with E-state index < -0.39 is 6.04 Å². The number of benzene rings is 1. The Kier molecular flexibility index (Phi) is 6.27. The van der Waals surface area contributed by atoms with Gasteiger partial charge in [0.2, 0.25) is 5.91 Å². The van der Waals surface area contributed by atoms with Crippen LogP contribution in [-0.4, -0.2) is 40.7 Å². The molecule has 1 fully saturated rings. The quantitative estimate of drug-likeness (QED) is 0.581. The van der Waals surface area contributed by atoms with Crippen LogP contribution in [0.1, 0.15) is 48.0 Å². The van der Waals surface area contributed by atoms with E-state index in [9.17, 15) is 9.59 Å². The summed E-state index contributed by atoms with van der Waals surface area (Å²) in [6.45, 7) is 6.04. The van der Waals surface area contributed by atoms with Crippen molar-refractivity contribution in [2.45, 2.75) is 45.6 Å². The Morgan fingerprint density at radius 3 is 2.71 bits per heavy atom. The minimum Gasteiger partial charge on any atom is -0.371 e. The van der Waals surface area contributed by atoms with Crippen molar-refractivity contribution in [3.8, 4) is 0 Å². The molecule has 2 aromatic heterocycles. The molecule has 8 heteroatoms. The largest absolute Gasteiger partial charge is 0.371 e. The van der Waals surface area contributed by atoms with E-state index in [0.717, 1.165) is 46.8 Å². The van der Waals surface area contributed by atoms with E-state index in [1.165, 1.54) is 24.2 Å².